The van der Waals surface area contributed by atoms with Crippen molar-refractivity contribution in [2.75, 3.05) is 26.2 Å². The number of likely N-dealkylation sites (tertiary alicyclic amines) is 1. The molecule has 164 valence electrons. The Hall–Kier alpha value is -2.18. The minimum Gasteiger partial charge on any atom is -0.464 e. The molecular formula is C24H35N3O3. The van der Waals surface area contributed by atoms with E-state index in [1.165, 1.54) is 11.1 Å². The predicted molar refractivity (Wildman–Crippen MR) is 118 cm³/mol. The highest BCUT2D eigenvalue weighted by Gasteiger charge is 2.37. The van der Waals surface area contributed by atoms with E-state index in [1.54, 1.807) is 11.8 Å². The second-order valence-electron chi connectivity index (χ2n) is 8.59. The highest BCUT2D eigenvalue weighted by atomic mass is 16.5. The number of rotatable bonds is 7. The second-order valence-corrected chi connectivity index (χ2v) is 8.59. The fourth-order valence-corrected chi connectivity index (χ4v) is 4.46. The molecule has 1 amide bonds. The lowest BCUT2D eigenvalue weighted by atomic mass is 9.91. The maximum atomic E-state index is 13.1. The Labute approximate surface area is 180 Å². The standard InChI is InChI=1S/C24H35N3O3/c1-3-30-24(29)22-14-18(2)11-13-27(22)23(28)21(25)15-20-10-7-12-26(17-20)16-19-8-5-4-6-9-19/h4-6,8-10,18,21-22H,3,7,11-17,25H2,1-2H3/t18-,21+,22-/m1/s1. The van der Waals surface area contributed by atoms with Gasteiger partial charge in [-0.3, -0.25) is 9.69 Å². The van der Waals surface area contributed by atoms with Gasteiger partial charge in [0, 0.05) is 26.2 Å². The number of nitrogens with zero attached hydrogens (tertiary/aromatic N) is 2. The lowest BCUT2D eigenvalue weighted by Crippen LogP contribution is -2.55. The Morgan fingerprint density at radius 2 is 2.00 bits per heavy atom. The first-order chi connectivity index (χ1) is 14.5. The van der Waals surface area contributed by atoms with Crippen LogP contribution in [0.5, 0.6) is 0 Å². The molecule has 3 rings (SSSR count). The van der Waals surface area contributed by atoms with Crippen LogP contribution in [0.1, 0.15) is 45.1 Å². The first-order valence-corrected chi connectivity index (χ1v) is 11.1. The van der Waals surface area contributed by atoms with Crippen LogP contribution in [-0.4, -0.2) is 60.0 Å². The summed E-state index contributed by atoms with van der Waals surface area (Å²) in [5.74, 6) is -0.0520. The predicted octanol–water partition coefficient (Wildman–Crippen LogP) is 2.73. The molecule has 2 N–H and O–H groups in total. The first kappa shape index (κ1) is 22.5. The summed E-state index contributed by atoms with van der Waals surface area (Å²) in [6.45, 7) is 7.53. The number of carbonyl (C=O) groups is 2. The smallest absolute Gasteiger partial charge is 0.328 e. The van der Waals surface area contributed by atoms with E-state index in [0.29, 0.717) is 31.9 Å². The van der Waals surface area contributed by atoms with E-state index in [2.05, 4.69) is 42.2 Å². The molecule has 2 aliphatic heterocycles. The molecule has 0 radical (unpaired) electrons. The summed E-state index contributed by atoms with van der Waals surface area (Å²) in [5.41, 5.74) is 8.84. The average Bonchev–Trinajstić information content (AvgIpc) is 2.74. The molecule has 0 unspecified atom stereocenters. The SMILES string of the molecule is CCOC(=O)[C@H]1C[C@H](C)CCN1C(=O)[C@@H](N)CC1=CCCN(Cc2ccccc2)C1. The third-order valence-electron chi connectivity index (χ3n) is 6.06. The second kappa shape index (κ2) is 10.7. The molecular weight excluding hydrogens is 378 g/mol. The molecule has 0 spiro atoms. The van der Waals surface area contributed by atoms with Gasteiger partial charge in [-0.15, -0.1) is 0 Å². The number of piperidine rings is 1. The largest absolute Gasteiger partial charge is 0.464 e. The van der Waals surface area contributed by atoms with Gasteiger partial charge in [-0.25, -0.2) is 4.79 Å². The van der Waals surface area contributed by atoms with Crippen molar-refractivity contribution < 1.29 is 14.3 Å². The van der Waals surface area contributed by atoms with Gasteiger partial charge >= 0.3 is 5.97 Å². The third-order valence-corrected chi connectivity index (χ3v) is 6.06. The van der Waals surface area contributed by atoms with Gasteiger partial charge in [-0.2, -0.15) is 0 Å². The normalized spacial score (nSPS) is 23.6. The molecule has 3 atom stereocenters. The monoisotopic (exact) mass is 413 g/mol. The number of benzene rings is 1. The van der Waals surface area contributed by atoms with E-state index < -0.39 is 12.1 Å². The summed E-state index contributed by atoms with van der Waals surface area (Å²) in [6.07, 6.45) is 5.25. The van der Waals surface area contributed by atoms with E-state index in [0.717, 1.165) is 32.5 Å². The molecule has 6 heteroatoms. The number of carbonyl (C=O) groups excluding carboxylic acids is 2. The Morgan fingerprint density at radius 1 is 1.23 bits per heavy atom. The van der Waals surface area contributed by atoms with E-state index in [4.69, 9.17) is 10.5 Å². The highest BCUT2D eigenvalue weighted by Crippen LogP contribution is 2.25. The van der Waals surface area contributed by atoms with E-state index in [9.17, 15) is 9.59 Å². The van der Waals surface area contributed by atoms with Crippen LogP contribution in [0.15, 0.2) is 42.0 Å². The topological polar surface area (TPSA) is 75.9 Å². The quantitative estimate of drug-likeness (QED) is 0.549. The number of amides is 1. The van der Waals surface area contributed by atoms with Gasteiger partial charge < -0.3 is 15.4 Å². The summed E-state index contributed by atoms with van der Waals surface area (Å²) in [7, 11) is 0. The number of nitrogens with two attached hydrogens (primary N) is 1. The van der Waals surface area contributed by atoms with Gasteiger partial charge in [-0.1, -0.05) is 48.9 Å². The van der Waals surface area contributed by atoms with Crippen molar-refractivity contribution in [2.24, 2.45) is 11.7 Å². The molecule has 2 aliphatic rings. The van der Waals surface area contributed by atoms with Gasteiger partial charge in [0.1, 0.15) is 6.04 Å². The molecule has 0 aliphatic carbocycles. The van der Waals surface area contributed by atoms with Gasteiger partial charge in [0.05, 0.1) is 12.6 Å². The van der Waals surface area contributed by atoms with Crippen molar-refractivity contribution >= 4 is 11.9 Å². The minimum absolute atomic E-state index is 0.138. The molecule has 0 bridgehead atoms. The summed E-state index contributed by atoms with van der Waals surface area (Å²) in [5, 5.41) is 0. The molecule has 0 aromatic heterocycles. The molecule has 1 saturated heterocycles. The average molecular weight is 414 g/mol. The van der Waals surface area contributed by atoms with Crippen LogP contribution in [0.4, 0.5) is 0 Å². The van der Waals surface area contributed by atoms with E-state index in [1.807, 2.05) is 6.07 Å². The summed E-state index contributed by atoms with van der Waals surface area (Å²) in [4.78, 5) is 29.6. The molecule has 30 heavy (non-hydrogen) atoms. The van der Waals surface area contributed by atoms with Gasteiger partial charge in [0.25, 0.3) is 0 Å². The van der Waals surface area contributed by atoms with Crippen molar-refractivity contribution in [2.45, 2.75) is 58.2 Å². The van der Waals surface area contributed by atoms with Crippen molar-refractivity contribution in [1.82, 2.24) is 9.80 Å². The Balaban J connectivity index is 1.58. The summed E-state index contributed by atoms with van der Waals surface area (Å²) < 4.78 is 5.22. The Kier molecular flexibility index (Phi) is 8.05. The molecule has 1 fully saturated rings. The maximum Gasteiger partial charge on any atom is 0.328 e. The van der Waals surface area contributed by atoms with Crippen LogP contribution in [0, 0.1) is 5.92 Å². The van der Waals surface area contributed by atoms with Gasteiger partial charge in [0.15, 0.2) is 0 Å². The fraction of sp³-hybridized carbons (Fsp3) is 0.583. The van der Waals surface area contributed by atoms with Crippen molar-refractivity contribution in [3.63, 3.8) is 0 Å². The molecule has 2 heterocycles. The lowest BCUT2D eigenvalue weighted by molar-refractivity contribution is -0.158. The van der Waals surface area contributed by atoms with E-state index in [-0.39, 0.29) is 11.9 Å². The fourth-order valence-electron chi connectivity index (χ4n) is 4.46. The zero-order chi connectivity index (χ0) is 21.5. The Morgan fingerprint density at radius 3 is 2.73 bits per heavy atom. The zero-order valence-electron chi connectivity index (χ0n) is 18.3. The van der Waals surface area contributed by atoms with Crippen LogP contribution in [0.3, 0.4) is 0 Å². The molecule has 6 nitrogen and oxygen atoms in total. The molecule has 1 aromatic carbocycles. The van der Waals surface area contributed by atoms with Crippen LogP contribution in [-0.2, 0) is 20.9 Å². The van der Waals surface area contributed by atoms with Crippen LogP contribution >= 0.6 is 0 Å². The van der Waals surface area contributed by atoms with Crippen LogP contribution in [0.2, 0.25) is 0 Å². The Bertz CT molecular complexity index is 749. The van der Waals surface area contributed by atoms with Crippen LogP contribution in [0.25, 0.3) is 0 Å². The summed E-state index contributed by atoms with van der Waals surface area (Å²) >= 11 is 0. The zero-order valence-corrected chi connectivity index (χ0v) is 18.3. The lowest BCUT2D eigenvalue weighted by Gasteiger charge is -2.38. The molecule has 0 saturated carbocycles. The van der Waals surface area contributed by atoms with Crippen LogP contribution < -0.4 is 5.73 Å². The van der Waals surface area contributed by atoms with Gasteiger partial charge in [0.2, 0.25) is 5.91 Å². The maximum absolute atomic E-state index is 13.1. The summed E-state index contributed by atoms with van der Waals surface area (Å²) in [6, 6.07) is 9.29. The first-order valence-electron chi connectivity index (χ1n) is 11.1. The van der Waals surface area contributed by atoms with E-state index >= 15 is 0 Å². The third kappa shape index (κ3) is 5.92. The van der Waals surface area contributed by atoms with Crippen molar-refractivity contribution in [3.8, 4) is 0 Å². The number of ether oxygens (including phenoxy) is 1. The van der Waals surface area contributed by atoms with Crippen molar-refractivity contribution in [3.05, 3.63) is 47.5 Å². The van der Waals surface area contributed by atoms with Gasteiger partial charge in [-0.05, 0) is 44.1 Å². The number of hydrogen-bond acceptors (Lipinski definition) is 5. The number of hydrogen-bond donors (Lipinski definition) is 1. The minimum atomic E-state index is -0.627. The highest BCUT2D eigenvalue weighted by molar-refractivity contribution is 5.88. The number of esters is 1. The van der Waals surface area contributed by atoms with Crippen molar-refractivity contribution in [1.29, 1.82) is 0 Å². The molecule has 1 aromatic rings.